The van der Waals surface area contributed by atoms with Crippen LogP contribution in [0.4, 0.5) is 13.2 Å². The van der Waals surface area contributed by atoms with Crippen LogP contribution in [0.2, 0.25) is 0 Å². The number of esters is 1. The van der Waals surface area contributed by atoms with Gasteiger partial charge >= 0.3 is 12.1 Å². The highest BCUT2D eigenvalue weighted by Crippen LogP contribution is 2.23. The summed E-state index contributed by atoms with van der Waals surface area (Å²) < 4.78 is 67.2. The van der Waals surface area contributed by atoms with E-state index < -0.39 is 41.2 Å². The third-order valence-corrected chi connectivity index (χ3v) is 6.20. The van der Waals surface area contributed by atoms with Gasteiger partial charge in [0, 0.05) is 13.1 Å². The van der Waals surface area contributed by atoms with Crippen molar-refractivity contribution in [3.05, 3.63) is 29.8 Å². The average molecular weight is 422 g/mol. The Morgan fingerprint density at radius 2 is 1.75 bits per heavy atom. The fourth-order valence-corrected chi connectivity index (χ4v) is 4.07. The van der Waals surface area contributed by atoms with Crippen molar-refractivity contribution in [3.63, 3.8) is 0 Å². The molecule has 1 amide bonds. The van der Waals surface area contributed by atoms with Crippen LogP contribution in [-0.4, -0.2) is 57.0 Å². The molecule has 11 heteroatoms. The van der Waals surface area contributed by atoms with Gasteiger partial charge in [-0.25, -0.2) is 13.2 Å². The molecule has 0 aliphatic carbocycles. The number of sulfonamides is 1. The minimum absolute atomic E-state index is 0.0187. The molecule has 7 nitrogen and oxygen atoms in total. The number of nitrogens with zero attached hydrogens (tertiary/aromatic N) is 1. The minimum atomic E-state index is -4.56. The Kier molecular flexibility index (Phi) is 7.05. The normalized spacial score (nSPS) is 16.6. The average Bonchev–Trinajstić information content (AvgIpc) is 2.64. The third kappa shape index (κ3) is 6.20. The van der Waals surface area contributed by atoms with Gasteiger partial charge < -0.3 is 10.1 Å². The van der Waals surface area contributed by atoms with Crippen LogP contribution >= 0.6 is 0 Å². The summed E-state index contributed by atoms with van der Waals surface area (Å²) >= 11 is 0. The number of nitrogens with one attached hydrogen (secondary N) is 1. The van der Waals surface area contributed by atoms with Crippen molar-refractivity contribution in [1.29, 1.82) is 0 Å². The van der Waals surface area contributed by atoms with Crippen LogP contribution in [0.15, 0.2) is 29.2 Å². The van der Waals surface area contributed by atoms with Gasteiger partial charge in [0.2, 0.25) is 10.0 Å². The molecule has 1 N–H and O–H groups in total. The van der Waals surface area contributed by atoms with E-state index in [-0.39, 0.29) is 10.5 Å². The van der Waals surface area contributed by atoms with Gasteiger partial charge in [-0.05, 0) is 43.0 Å². The van der Waals surface area contributed by atoms with Crippen LogP contribution in [0, 0.1) is 5.92 Å². The lowest BCUT2D eigenvalue weighted by Crippen LogP contribution is -2.37. The molecule has 156 valence electrons. The van der Waals surface area contributed by atoms with E-state index in [1.54, 1.807) is 5.32 Å². The molecule has 1 aliphatic heterocycles. The van der Waals surface area contributed by atoms with Crippen LogP contribution in [0.3, 0.4) is 0 Å². The number of piperidine rings is 1. The van der Waals surface area contributed by atoms with Gasteiger partial charge in [-0.15, -0.1) is 0 Å². The Balaban J connectivity index is 1.92. The molecule has 0 spiro atoms. The summed E-state index contributed by atoms with van der Waals surface area (Å²) in [6.07, 6.45) is -3.01. The van der Waals surface area contributed by atoms with E-state index >= 15 is 0 Å². The number of rotatable bonds is 6. The first-order chi connectivity index (χ1) is 13.0. The number of amides is 1. The number of alkyl halides is 3. The predicted molar refractivity (Wildman–Crippen MR) is 92.9 cm³/mol. The number of halogens is 3. The van der Waals surface area contributed by atoms with E-state index in [1.165, 1.54) is 28.6 Å². The second-order valence-corrected chi connectivity index (χ2v) is 8.52. The molecule has 1 saturated heterocycles. The summed E-state index contributed by atoms with van der Waals surface area (Å²) in [7, 11) is -3.66. The van der Waals surface area contributed by atoms with Gasteiger partial charge in [-0.2, -0.15) is 17.5 Å². The number of hydrogen-bond donors (Lipinski definition) is 1. The van der Waals surface area contributed by atoms with E-state index in [9.17, 15) is 31.2 Å². The third-order valence-electron chi connectivity index (χ3n) is 4.29. The maximum absolute atomic E-state index is 12.6. The molecular formula is C17H21F3N2O5S. The van der Waals surface area contributed by atoms with Crippen molar-refractivity contribution in [2.45, 2.75) is 30.8 Å². The second-order valence-electron chi connectivity index (χ2n) is 6.58. The van der Waals surface area contributed by atoms with Crippen molar-refractivity contribution >= 4 is 21.9 Å². The fourth-order valence-electron chi connectivity index (χ4n) is 2.60. The number of ether oxygens (including phenoxy) is 1. The van der Waals surface area contributed by atoms with Crippen molar-refractivity contribution in [2.24, 2.45) is 5.92 Å². The summed E-state index contributed by atoms with van der Waals surface area (Å²) in [5.74, 6) is -1.57. The first-order valence-electron chi connectivity index (χ1n) is 8.60. The molecule has 0 bridgehead atoms. The Labute approximate surface area is 160 Å². The smallest absolute Gasteiger partial charge is 0.405 e. The highest BCUT2D eigenvalue weighted by atomic mass is 32.2. The first-order valence-corrected chi connectivity index (χ1v) is 10.0. The zero-order valence-corrected chi connectivity index (χ0v) is 16.0. The molecular weight excluding hydrogens is 401 g/mol. The summed E-state index contributed by atoms with van der Waals surface area (Å²) in [5, 5.41) is 1.57. The van der Waals surface area contributed by atoms with E-state index in [0.717, 1.165) is 12.8 Å². The minimum Gasteiger partial charge on any atom is -0.452 e. The van der Waals surface area contributed by atoms with Crippen molar-refractivity contribution in [1.82, 2.24) is 9.62 Å². The van der Waals surface area contributed by atoms with Gasteiger partial charge in [0.1, 0.15) is 6.54 Å². The summed E-state index contributed by atoms with van der Waals surface area (Å²) in [4.78, 5) is 23.1. The quantitative estimate of drug-likeness (QED) is 0.708. The molecule has 1 aromatic rings. The van der Waals surface area contributed by atoms with Crippen LogP contribution < -0.4 is 5.32 Å². The van der Waals surface area contributed by atoms with Gasteiger partial charge in [-0.3, -0.25) is 4.79 Å². The largest absolute Gasteiger partial charge is 0.452 e. The predicted octanol–water partition coefficient (Wildman–Crippen LogP) is 1.94. The maximum Gasteiger partial charge on any atom is 0.405 e. The van der Waals surface area contributed by atoms with E-state index in [4.69, 9.17) is 0 Å². The maximum atomic E-state index is 12.6. The van der Waals surface area contributed by atoms with Crippen LogP contribution in [-0.2, 0) is 19.6 Å². The Bertz CT molecular complexity index is 801. The molecule has 0 saturated carbocycles. The van der Waals surface area contributed by atoms with Crippen LogP contribution in [0.5, 0.6) is 0 Å². The molecule has 1 fully saturated rings. The lowest BCUT2D eigenvalue weighted by Gasteiger charge is -2.29. The molecule has 0 radical (unpaired) electrons. The molecule has 0 unspecified atom stereocenters. The summed E-state index contributed by atoms with van der Waals surface area (Å²) in [6, 6.07) is 4.98. The molecule has 2 rings (SSSR count). The van der Waals surface area contributed by atoms with E-state index in [1.807, 2.05) is 0 Å². The SMILES string of the molecule is CC1CCN(S(=O)(=O)c2ccc(C(=O)OCC(=O)NCC(F)(F)F)cc2)CC1. The molecule has 1 aliphatic rings. The number of carbonyl (C=O) groups is 2. The van der Waals surface area contributed by atoms with Gasteiger partial charge in [0.05, 0.1) is 10.5 Å². The number of hydrogen-bond acceptors (Lipinski definition) is 5. The Hall–Kier alpha value is -2.14. The molecule has 28 heavy (non-hydrogen) atoms. The van der Waals surface area contributed by atoms with E-state index in [0.29, 0.717) is 19.0 Å². The second kappa shape index (κ2) is 8.91. The molecule has 0 atom stereocenters. The molecule has 0 aromatic heterocycles. The topological polar surface area (TPSA) is 92.8 Å². The van der Waals surface area contributed by atoms with Gasteiger partial charge in [0.25, 0.3) is 5.91 Å². The summed E-state index contributed by atoms with van der Waals surface area (Å²) in [5.41, 5.74) is -0.0187. The van der Waals surface area contributed by atoms with Crippen LogP contribution in [0.25, 0.3) is 0 Å². The van der Waals surface area contributed by atoms with Gasteiger partial charge in [-0.1, -0.05) is 6.92 Å². The standard InChI is InChI=1S/C17H21F3N2O5S/c1-12-6-8-22(9-7-12)28(25,26)14-4-2-13(3-5-14)16(24)27-10-15(23)21-11-17(18,19)20/h2-5,12H,6-11H2,1H3,(H,21,23). The lowest BCUT2D eigenvalue weighted by molar-refractivity contribution is -0.140. The fraction of sp³-hybridized carbons (Fsp3) is 0.529. The van der Waals surface area contributed by atoms with Gasteiger partial charge in [0.15, 0.2) is 6.61 Å². The zero-order chi connectivity index (χ0) is 20.9. The lowest BCUT2D eigenvalue weighted by atomic mass is 10.0. The Morgan fingerprint density at radius 3 is 2.29 bits per heavy atom. The summed E-state index contributed by atoms with van der Waals surface area (Å²) in [6.45, 7) is 0.528. The van der Waals surface area contributed by atoms with Crippen LogP contribution in [0.1, 0.15) is 30.1 Å². The molecule has 1 heterocycles. The monoisotopic (exact) mass is 422 g/mol. The molecule has 1 aromatic carbocycles. The number of carbonyl (C=O) groups excluding carboxylic acids is 2. The van der Waals surface area contributed by atoms with Crippen molar-refractivity contribution in [3.8, 4) is 0 Å². The first kappa shape index (κ1) is 22.2. The highest BCUT2D eigenvalue weighted by Gasteiger charge is 2.29. The van der Waals surface area contributed by atoms with Crippen molar-refractivity contribution in [2.75, 3.05) is 26.2 Å². The number of benzene rings is 1. The zero-order valence-electron chi connectivity index (χ0n) is 15.2. The highest BCUT2D eigenvalue weighted by molar-refractivity contribution is 7.89. The Morgan fingerprint density at radius 1 is 1.18 bits per heavy atom. The van der Waals surface area contributed by atoms with Crippen molar-refractivity contribution < 1.29 is 35.9 Å². The van der Waals surface area contributed by atoms with E-state index in [2.05, 4.69) is 11.7 Å².